The van der Waals surface area contributed by atoms with Gasteiger partial charge in [0.25, 0.3) is 0 Å². The van der Waals surface area contributed by atoms with Crippen LogP contribution in [0.15, 0.2) is 55.2 Å². The number of nitrogens with zero attached hydrogens (tertiary/aromatic N) is 5. The van der Waals surface area contributed by atoms with Crippen LogP contribution in [0.4, 0.5) is 17.2 Å². The number of hydrogen-bond acceptors (Lipinski definition) is 6. The summed E-state index contributed by atoms with van der Waals surface area (Å²) in [6.45, 7) is 0. The molecule has 0 aliphatic rings. The fraction of sp³-hybridized carbons (Fsp3) is 0. The first-order chi connectivity index (χ1) is 11.7. The molecule has 0 aliphatic carbocycles. The fourth-order valence-electron chi connectivity index (χ4n) is 2.41. The van der Waals surface area contributed by atoms with E-state index >= 15 is 0 Å². The van der Waals surface area contributed by atoms with Crippen LogP contribution >= 0.6 is 11.6 Å². The number of fused-ring (bicyclic) bond motifs is 1. The topological polar surface area (TPSA) is 94.5 Å². The lowest BCUT2D eigenvalue weighted by Gasteiger charge is -2.12. The number of aromatic nitrogens is 5. The number of anilines is 3. The smallest absolute Gasteiger partial charge is 0.167 e. The minimum absolute atomic E-state index is 0.338. The molecule has 0 saturated heterocycles. The summed E-state index contributed by atoms with van der Waals surface area (Å²) in [6.07, 6.45) is 4.73. The van der Waals surface area contributed by atoms with Gasteiger partial charge in [-0.25, -0.2) is 19.9 Å². The Bertz CT molecular complexity index is 1030. The van der Waals surface area contributed by atoms with Crippen molar-refractivity contribution < 1.29 is 0 Å². The van der Waals surface area contributed by atoms with Crippen LogP contribution in [-0.4, -0.2) is 24.5 Å². The molecule has 4 rings (SSSR count). The molecule has 4 aromatic rings. The van der Waals surface area contributed by atoms with Crippen LogP contribution in [0, 0.1) is 0 Å². The SMILES string of the molecule is Nc1c(Nc2cccnc2Cl)ncnc1-n1cnc2ccccc21. The number of nitrogens with one attached hydrogen (secondary N) is 1. The fourth-order valence-corrected chi connectivity index (χ4v) is 2.58. The number of nitrogens with two attached hydrogens (primary N) is 1. The van der Waals surface area contributed by atoms with Gasteiger partial charge >= 0.3 is 0 Å². The molecule has 118 valence electrons. The van der Waals surface area contributed by atoms with Gasteiger partial charge in [-0.1, -0.05) is 23.7 Å². The van der Waals surface area contributed by atoms with Gasteiger partial charge in [0, 0.05) is 6.20 Å². The summed E-state index contributed by atoms with van der Waals surface area (Å²) in [7, 11) is 0. The Morgan fingerprint density at radius 3 is 2.75 bits per heavy atom. The van der Waals surface area contributed by atoms with Crippen LogP contribution in [0.1, 0.15) is 0 Å². The van der Waals surface area contributed by atoms with E-state index < -0.39 is 0 Å². The first-order valence-corrected chi connectivity index (χ1v) is 7.52. The van der Waals surface area contributed by atoms with E-state index in [1.165, 1.54) is 6.33 Å². The third-order valence-corrected chi connectivity index (χ3v) is 3.86. The van der Waals surface area contributed by atoms with Crippen molar-refractivity contribution in [3.8, 4) is 5.82 Å². The van der Waals surface area contributed by atoms with Crippen molar-refractivity contribution in [3.63, 3.8) is 0 Å². The maximum absolute atomic E-state index is 6.26. The summed E-state index contributed by atoms with van der Waals surface area (Å²) in [5, 5.41) is 3.42. The van der Waals surface area contributed by atoms with E-state index in [2.05, 4.69) is 25.3 Å². The summed E-state index contributed by atoms with van der Waals surface area (Å²) in [6, 6.07) is 11.3. The Labute approximate surface area is 142 Å². The van der Waals surface area contributed by atoms with Gasteiger partial charge in [0.15, 0.2) is 16.8 Å². The van der Waals surface area contributed by atoms with Gasteiger partial charge in [0.2, 0.25) is 0 Å². The monoisotopic (exact) mass is 337 g/mol. The summed E-state index contributed by atoms with van der Waals surface area (Å²) >= 11 is 6.07. The molecule has 3 N–H and O–H groups in total. The zero-order valence-electron chi connectivity index (χ0n) is 12.4. The number of pyridine rings is 1. The van der Waals surface area contributed by atoms with Crippen molar-refractivity contribution in [2.45, 2.75) is 0 Å². The molecule has 0 unspecified atom stereocenters. The lowest BCUT2D eigenvalue weighted by atomic mass is 10.3. The second-order valence-corrected chi connectivity index (χ2v) is 5.39. The number of hydrogen-bond donors (Lipinski definition) is 2. The van der Waals surface area contributed by atoms with Crippen LogP contribution in [0.3, 0.4) is 0 Å². The third-order valence-electron chi connectivity index (χ3n) is 3.56. The molecule has 0 atom stereocenters. The zero-order chi connectivity index (χ0) is 16.5. The minimum Gasteiger partial charge on any atom is -0.393 e. The number of benzene rings is 1. The normalized spacial score (nSPS) is 10.9. The van der Waals surface area contributed by atoms with E-state index in [0.717, 1.165) is 11.0 Å². The zero-order valence-corrected chi connectivity index (χ0v) is 13.1. The molecule has 0 radical (unpaired) electrons. The lowest BCUT2D eigenvalue weighted by Crippen LogP contribution is -2.07. The summed E-state index contributed by atoms with van der Waals surface area (Å²) in [4.78, 5) is 16.9. The Hall–Kier alpha value is -3.19. The molecule has 8 heteroatoms. The quantitative estimate of drug-likeness (QED) is 0.557. The molecule has 0 aliphatic heterocycles. The molecule has 0 bridgehead atoms. The highest BCUT2D eigenvalue weighted by Gasteiger charge is 2.13. The number of rotatable bonds is 3. The van der Waals surface area contributed by atoms with Crippen molar-refractivity contribution in [2.75, 3.05) is 11.1 Å². The van der Waals surface area contributed by atoms with Crippen molar-refractivity contribution >= 4 is 39.8 Å². The molecular formula is C16H12ClN7. The number of halogens is 1. The Morgan fingerprint density at radius 1 is 1.00 bits per heavy atom. The van der Waals surface area contributed by atoms with Crippen LogP contribution < -0.4 is 11.1 Å². The van der Waals surface area contributed by atoms with Crippen LogP contribution in [0.5, 0.6) is 0 Å². The number of para-hydroxylation sites is 2. The molecule has 0 saturated carbocycles. The van der Waals surface area contributed by atoms with E-state index in [1.54, 1.807) is 24.7 Å². The molecule has 24 heavy (non-hydrogen) atoms. The lowest BCUT2D eigenvalue weighted by molar-refractivity contribution is 1.00. The van der Waals surface area contributed by atoms with Gasteiger partial charge in [-0.05, 0) is 24.3 Å². The van der Waals surface area contributed by atoms with Gasteiger partial charge in [0.1, 0.15) is 18.3 Å². The maximum Gasteiger partial charge on any atom is 0.167 e. The molecule has 3 heterocycles. The van der Waals surface area contributed by atoms with E-state index in [1.807, 2.05) is 28.8 Å². The van der Waals surface area contributed by atoms with Crippen molar-refractivity contribution in [3.05, 3.63) is 60.4 Å². The average Bonchev–Trinajstić information content (AvgIpc) is 3.03. The average molecular weight is 338 g/mol. The molecule has 0 amide bonds. The van der Waals surface area contributed by atoms with Gasteiger partial charge in [-0.2, -0.15) is 0 Å². The van der Waals surface area contributed by atoms with E-state index in [9.17, 15) is 0 Å². The molecule has 0 fully saturated rings. The molecular weight excluding hydrogens is 326 g/mol. The maximum atomic E-state index is 6.26. The predicted octanol–water partition coefficient (Wildman–Crippen LogP) is 3.19. The van der Waals surface area contributed by atoms with E-state index in [0.29, 0.717) is 28.2 Å². The summed E-state index contributed by atoms with van der Waals surface area (Å²) in [5.41, 5.74) is 9.04. The Morgan fingerprint density at radius 2 is 1.88 bits per heavy atom. The minimum atomic E-state index is 0.338. The first kappa shape index (κ1) is 14.4. The van der Waals surface area contributed by atoms with Crippen LogP contribution in [0.25, 0.3) is 16.9 Å². The van der Waals surface area contributed by atoms with Crippen molar-refractivity contribution in [1.29, 1.82) is 0 Å². The molecule has 3 aromatic heterocycles. The molecule has 0 spiro atoms. The number of imidazole rings is 1. The molecule has 1 aromatic carbocycles. The van der Waals surface area contributed by atoms with Gasteiger partial charge < -0.3 is 11.1 Å². The summed E-state index contributed by atoms with van der Waals surface area (Å²) < 4.78 is 1.82. The van der Waals surface area contributed by atoms with Crippen molar-refractivity contribution in [1.82, 2.24) is 24.5 Å². The highest BCUT2D eigenvalue weighted by atomic mass is 35.5. The third kappa shape index (κ3) is 2.40. The predicted molar refractivity (Wildman–Crippen MR) is 93.6 cm³/mol. The first-order valence-electron chi connectivity index (χ1n) is 7.14. The van der Waals surface area contributed by atoms with Crippen LogP contribution in [-0.2, 0) is 0 Å². The van der Waals surface area contributed by atoms with Gasteiger partial charge in [-0.3, -0.25) is 4.57 Å². The largest absolute Gasteiger partial charge is 0.393 e. The second-order valence-electron chi connectivity index (χ2n) is 5.03. The highest BCUT2D eigenvalue weighted by molar-refractivity contribution is 6.32. The standard InChI is InChI=1S/C16H12ClN7/c17-14-11(5-3-7-19-14)23-15-13(18)16(21-8-20-15)24-9-22-10-4-1-2-6-12(10)24/h1-9H,18H2,(H,20,21,23). The van der Waals surface area contributed by atoms with E-state index in [4.69, 9.17) is 17.3 Å². The van der Waals surface area contributed by atoms with Crippen molar-refractivity contribution in [2.24, 2.45) is 0 Å². The Balaban J connectivity index is 1.80. The second kappa shape index (κ2) is 5.78. The van der Waals surface area contributed by atoms with E-state index in [-0.39, 0.29) is 0 Å². The Kier molecular flexibility index (Phi) is 3.47. The summed E-state index contributed by atoms with van der Waals surface area (Å²) in [5.74, 6) is 0.994. The number of nitrogen functional groups attached to an aromatic ring is 1. The van der Waals surface area contributed by atoms with Gasteiger partial charge in [0.05, 0.1) is 16.7 Å². The molecule has 7 nitrogen and oxygen atoms in total. The highest BCUT2D eigenvalue weighted by Crippen LogP contribution is 2.29. The van der Waals surface area contributed by atoms with Gasteiger partial charge in [-0.15, -0.1) is 0 Å². The van der Waals surface area contributed by atoms with Crippen LogP contribution in [0.2, 0.25) is 5.15 Å².